The van der Waals surface area contributed by atoms with E-state index in [4.69, 9.17) is 23.7 Å². The quantitative estimate of drug-likeness (QED) is 0.200. The molecule has 0 saturated carbocycles. The largest absolute Gasteiger partial charge is 0.493 e. The van der Waals surface area contributed by atoms with Gasteiger partial charge in [0, 0.05) is 24.3 Å². The molecule has 5 nitrogen and oxygen atoms in total. The minimum atomic E-state index is -0.229. The van der Waals surface area contributed by atoms with Crippen molar-refractivity contribution in [1.82, 2.24) is 0 Å². The first-order valence-electron chi connectivity index (χ1n) is 24.1. The molecule has 0 aromatic heterocycles. The Bertz CT molecular complexity index is 1820. The highest BCUT2D eigenvalue weighted by Crippen LogP contribution is 2.42. The molecule has 63 heavy (non-hydrogen) atoms. The van der Waals surface area contributed by atoms with Gasteiger partial charge in [0.25, 0.3) is 0 Å². The van der Waals surface area contributed by atoms with Crippen LogP contribution < -0.4 is 18.9 Å². The lowest BCUT2D eigenvalue weighted by Crippen LogP contribution is -2.19. The van der Waals surface area contributed by atoms with Crippen molar-refractivity contribution in [2.75, 3.05) is 39.6 Å². The Labute approximate surface area is 379 Å². The van der Waals surface area contributed by atoms with Gasteiger partial charge in [-0.2, -0.15) is 0 Å². The van der Waals surface area contributed by atoms with Gasteiger partial charge in [-0.25, -0.2) is 8.78 Å². The van der Waals surface area contributed by atoms with E-state index in [0.717, 1.165) is 86.6 Å². The first-order chi connectivity index (χ1) is 30.3. The molecule has 9 rings (SSSR count). The van der Waals surface area contributed by atoms with Gasteiger partial charge in [0.05, 0.1) is 26.4 Å². The van der Waals surface area contributed by atoms with E-state index in [1.165, 1.54) is 36.1 Å². The van der Waals surface area contributed by atoms with Crippen LogP contribution in [0, 0.1) is 47.1 Å². The van der Waals surface area contributed by atoms with Crippen LogP contribution >= 0.6 is 0 Å². The third-order valence-electron chi connectivity index (χ3n) is 13.6. The second-order valence-corrected chi connectivity index (χ2v) is 19.5. The van der Waals surface area contributed by atoms with Gasteiger partial charge in [0.1, 0.15) is 11.5 Å². The monoisotopic (exact) mass is 869 g/mol. The third kappa shape index (κ3) is 13.9. The standard InChI is InChI=1S/2C12H15FO.2C12H16O.C8H16O/c2*1-8(2)9-6-7-14-12-10(9)4-3-5-11(12)13;2*1-9(2)10-7-8-13-12-6-4-3-5-11(10)12;1-7(2)8-3-5-9-6-4-8/h2*3-5,8-9H,6-7H2,1-2H3;2*3-6,9-10H,7-8H2,1-2H3;7-8H,3-6H2,1-2H3/t2*9-;2*10-;/m1010./s1. The number of para-hydroxylation sites is 4. The van der Waals surface area contributed by atoms with E-state index in [1.807, 2.05) is 24.3 Å². The summed E-state index contributed by atoms with van der Waals surface area (Å²) in [5.74, 6) is 9.20. The van der Waals surface area contributed by atoms with Crippen molar-refractivity contribution in [3.05, 3.63) is 119 Å². The summed E-state index contributed by atoms with van der Waals surface area (Å²) in [6.07, 6.45) is 6.86. The summed E-state index contributed by atoms with van der Waals surface area (Å²) >= 11 is 0. The fourth-order valence-electron chi connectivity index (χ4n) is 9.72. The van der Waals surface area contributed by atoms with Crippen molar-refractivity contribution in [2.45, 2.75) is 131 Å². The SMILES string of the molecule is CC(C)C1CCOCC1.CC(C)[C@@H]1CCOc2c(F)cccc21.CC(C)[C@@H]1CCOc2ccccc21.CC(C)[C@H]1CCOc2c(F)cccc21.CC(C)[C@H]1CCOc2ccccc21. The summed E-state index contributed by atoms with van der Waals surface area (Å²) in [5.41, 5.74) is 4.85. The Morgan fingerprint density at radius 1 is 0.365 bits per heavy atom. The van der Waals surface area contributed by atoms with Gasteiger partial charge >= 0.3 is 0 Å². The molecular weight excluding hydrogens is 791 g/mol. The molecule has 0 unspecified atom stereocenters. The fourth-order valence-corrected chi connectivity index (χ4v) is 9.72. The number of ether oxygens (including phenoxy) is 5. The van der Waals surface area contributed by atoms with E-state index in [1.54, 1.807) is 12.1 Å². The summed E-state index contributed by atoms with van der Waals surface area (Å²) in [5, 5.41) is 0. The van der Waals surface area contributed by atoms with Crippen molar-refractivity contribution in [2.24, 2.45) is 35.5 Å². The predicted octanol–water partition coefficient (Wildman–Crippen LogP) is 15.2. The Morgan fingerprint density at radius 3 is 1.05 bits per heavy atom. The molecule has 1 fully saturated rings. The summed E-state index contributed by atoms with van der Waals surface area (Å²) in [4.78, 5) is 0. The van der Waals surface area contributed by atoms with Crippen LogP contribution in [0.2, 0.25) is 0 Å². The second-order valence-electron chi connectivity index (χ2n) is 19.5. The third-order valence-corrected chi connectivity index (χ3v) is 13.6. The molecule has 1 saturated heterocycles. The van der Waals surface area contributed by atoms with Crippen LogP contribution in [0.1, 0.15) is 154 Å². The van der Waals surface area contributed by atoms with Crippen LogP contribution in [0.5, 0.6) is 23.0 Å². The van der Waals surface area contributed by atoms with Crippen LogP contribution in [-0.2, 0) is 4.74 Å². The zero-order chi connectivity index (χ0) is 45.5. The van der Waals surface area contributed by atoms with Gasteiger partial charge in [-0.1, -0.05) is 130 Å². The van der Waals surface area contributed by atoms with E-state index < -0.39 is 0 Å². The number of fused-ring (bicyclic) bond motifs is 4. The highest BCUT2D eigenvalue weighted by atomic mass is 19.1. The molecule has 4 atom stereocenters. The second kappa shape index (κ2) is 24.8. The van der Waals surface area contributed by atoms with E-state index in [0.29, 0.717) is 72.1 Å². The first-order valence-corrected chi connectivity index (χ1v) is 24.1. The normalized spacial score (nSPS) is 21.0. The Balaban J connectivity index is 0.000000150. The summed E-state index contributed by atoms with van der Waals surface area (Å²) < 4.78 is 53.9. The van der Waals surface area contributed by atoms with Gasteiger partial charge in [0.15, 0.2) is 23.1 Å². The molecule has 0 bridgehead atoms. The number of benzene rings is 4. The molecule has 5 heterocycles. The number of halogens is 2. The van der Waals surface area contributed by atoms with Gasteiger partial charge in [-0.05, 0) is 133 Å². The number of hydrogen-bond acceptors (Lipinski definition) is 5. The first kappa shape index (κ1) is 49.9. The minimum absolute atomic E-state index is 0.229. The molecule has 5 aliphatic rings. The van der Waals surface area contributed by atoms with Crippen LogP contribution in [-0.4, -0.2) is 39.6 Å². The maximum atomic E-state index is 13.4. The van der Waals surface area contributed by atoms with Crippen LogP contribution in [0.25, 0.3) is 0 Å². The highest BCUT2D eigenvalue weighted by Gasteiger charge is 2.28. The van der Waals surface area contributed by atoms with Crippen LogP contribution in [0.3, 0.4) is 0 Å². The molecule has 0 N–H and O–H groups in total. The molecule has 4 aromatic carbocycles. The Hall–Kier alpha value is -4.10. The van der Waals surface area contributed by atoms with E-state index in [2.05, 4.69) is 106 Å². The average molecular weight is 869 g/mol. The molecule has 0 spiro atoms. The molecule has 5 aliphatic heterocycles. The lowest BCUT2D eigenvalue weighted by Gasteiger charge is -2.28. The number of rotatable bonds is 5. The fraction of sp³-hybridized carbons (Fsp3) is 0.571. The molecule has 7 heteroatoms. The maximum absolute atomic E-state index is 13.4. The average Bonchev–Trinajstić information content (AvgIpc) is 3.29. The van der Waals surface area contributed by atoms with E-state index >= 15 is 0 Å². The lowest BCUT2D eigenvalue weighted by atomic mass is 9.84. The zero-order valence-corrected chi connectivity index (χ0v) is 40.1. The highest BCUT2D eigenvalue weighted by molar-refractivity contribution is 5.41. The van der Waals surface area contributed by atoms with Crippen molar-refractivity contribution >= 4 is 0 Å². The van der Waals surface area contributed by atoms with Gasteiger partial charge < -0.3 is 23.7 Å². The summed E-state index contributed by atoms with van der Waals surface area (Å²) in [6, 6.07) is 27.2. The lowest BCUT2D eigenvalue weighted by molar-refractivity contribution is 0.0523. The van der Waals surface area contributed by atoms with Crippen LogP contribution in [0.4, 0.5) is 8.78 Å². The molecule has 346 valence electrons. The summed E-state index contributed by atoms with van der Waals surface area (Å²) in [7, 11) is 0. The number of hydrogen-bond donors (Lipinski definition) is 0. The van der Waals surface area contributed by atoms with Gasteiger partial charge in [0.2, 0.25) is 0 Å². The predicted molar refractivity (Wildman–Crippen MR) is 255 cm³/mol. The van der Waals surface area contributed by atoms with Crippen molar-refractivity contribution in [3.8, 4) is 23.0 Å². The minimum Gasteiger partial charge on any atom is -0.493 e. The summed E-state index contributed by atoms with van der Waals surface area (Å²) in [6.45, 7) is 27.4. The van der Waals surface area contributed by atoms with Gasteiger partial charge in [-0.15, -0.1) is 0 Å². The van der Waals surface area contributed by atoms with E-state index in [9.17, 15) is 8.78 Å². The maximum Gasteiger partial charge on any atom is 0.165 e. The van der Waals surface area contributed by atoms with Crippen molar-refractivity contribution in [1.29, 1.82) is 0 Å². The molecule has 0 radical (unpaired) electrons. The molecule has 0 amide bonds. The Kier molecular flexibility index (Phi) is 19.7. The zero-order valence-electron chi connectivity index (χ0n) is 40.1. The van der Waals surface area contributed by atoms with Crippen molar-refractivity contribution in [3.63, 3.8) is 0 Å². The van der Waals surface area contributed by atoms with E-state index in [-0.39, 0.29) is 11.6 Å². The molecular formula is C56H78F2O5. The van der Waals surface area contributed by atoms with Crippen LogP contribution in [0.15, 0.2) is 84.9 Å². The molecule has 4 aromatic rings. The topological polar surface area (TPSA) is 46.2 Å². The van der Waals surface area contributed by atoms with Gasteiger partial charge in [-0.3, -0.25) is 0 Å². The smallest absolute Gasteiger partial charge is 0.165 e. The molecule has 0 aliphatic carbocycles. The Morgan fingerprint density at radius 2 is 0.698 bits per heavy atom. The van der Waals surface area contributed by atoms with Crippen molar-refractivity contribution < 1.29 is 32.5 Å².